The van der Waals surface area contributed by atoms with Crippen molar-refractivity contribution in [3.63, 3.8) is 0 Å². The highest BCUT2D eigenvalue weighted by atomic mass is 16.5. The van der Waals surface area contributed by atoms with Gasteiger partial charge in [-0.1, -0.05) is 37.2 Å². The van der Waals surface area contributed by atoms with Crippen molar-refractivity contribution < 1.29 is 4.52 Å². The molecule has 0 spiro atoms. The summed E-state index contributed by atoms with van der Waals surface area (Å²) < 4.78 is 7.07. The Morgan fingerprint density at radius 2 is 2.00 bits per heavy atom. The first-order valence-corrected chi connectivity index (χ1v) is 11.3. The summed E-state index contributed by atoms with van der Waals surface area (Å²) in [6.07, 6.45) is 3.48. The lowest BCUT2D eigenvalue weighted by Gasteiger charge is -2.10. The highest BCUT2D eigenvalue weighted by molar-refractivity contribution is 5.79. The molecule has 0 saturated carbocycles. The van der Waals surface area contributed by atoms with Gasteiger partial charge in [-0.05, 0) is 37.8 Å². The van der Waals surface area contributed by atoms with Crippen LogP contribution in [0.15, 0.2) is 45.9 Å². The van der Waals surface area contributed by atoms with Crippen LogP contribution in [-0.4, -0.2) is 34.5 Å². The fourth-order valence-corrected chi connectivity index (χ4v) is 3.71. The summed E-state index contributed by atoms with van der Waals surface area (Å²) in [5.41, 5.74) is 9.13. The van der Waals surface area contributed by atoms with Gasteiger partial charge in [-0.3, -0.25) is 4.99 Å². The average molecular weight is 449 g/mol. The summed E-state index contributed by atoms with van der Waals surface area (Å²) in [5, 5.41) is 24.8. The van der Waals surface area contributed by atoms with Gasteiger partial charge in [0, 0.05) is 25.6 Å². The van der Waals surface area contributed by atoms with Gasteiger partial charge in [0.1, 0.15) is 17.5 Å². The molecule has 9 heteroatoms. The molecule has 0 aliphatic rings. The van der Waals surface area contributed by atoms with E-state index in [0.29, 0.717) is 48.5 Å². The molecule has 4 N–H and O–H groups in total. The average Bonchev–Trinajstić information content (AvgIpc) is 3.44. The summed E-state index contributed by atoms with van der Waals surface area (Å²) in [4.78, 5) is 4.25. The SMILES string of the molecule is CCC(CC)c1cc(CNC(=NC)NCCCc2nn(-c3ccccc3)c(N)c2C#N)on1. The third kappa shape index (κ3) is 5.92. The van der Waals surface area contributed by atoms with Crippen molar-refractivity contribution in [2.75, 3.05) is 19.3 Å². The van der Waals surface area contributed by atoms with Crippen molar-refractivity contribution in [1.82, 2.24) is 25.6 Å². The molecule has 3 aromatic rings. The highest BCUT2D eigenvalue weighted by Crippen LogP contribution is 2.23. The zero-order chi connectivity index (χ0) is 23.6. The third-order valence-corrected chi connectivity index (χ3v) is 5.62. The largest absolute Gasteiger partial charge is 0.382 e. The molecule has 0 unspecified atom stereocenters. The lowest BCUT2D eigenvalue weighted by molar-refractivity contribution is 0.368. The number of nitrogen functional groups attached to an aromatic ring is 1. The number of nitrogens with zero attached hydrogens (tertiary/aromatic N) is 5. The van der Waals surface area contributed by atoms with Crippen molar-refractivity contribution in [1.29, 1.82) is 5.26 Å². The number of guanidine groups is 1. The Kier molecular flexibility index (Phi) is 8.47. The fraction of sp³-hybridized carbons (Fsp3) is 0.417. The minimum absolute atomic E-state index is 0.365. The van der Waals surface area contributed by atoms with Crippen molar-refractivity contribution in [3.8, 4) is 11.8 Å². The van der Waals surface area contributed by atoms with E-state index < -0.39 is 0 Å². The van der Waals surface area contributed by atoms with Gasteiger partial charge in [0.2, 0.25) is 0 Å². The predicted molar refractivity (Wildman–Crippen MR) is 129 cm³/mol. The number of nitrogens with one attached hydrogen (secondary N) is 2. The Labute approximate surface area is 194 Å². The van der Waals surface area contributed by atoms with Gasteiger partial charge in [-0.2, -0.15) is 10.4 Å². The molecule has 0 aliphatic heterocycles. The van der Waals surface area contributed by atoms with Crippen molar-refractivity contribution in [2.45, 2.75) is 52.0 Å². The monoisotopic (exact) mass is 448 g/mol. The highest BCUT2D eigenvalue weighted by Gasteiger charge is 2.16. The number of hydrogen-bond acceptors (Lipinski definition) is 6. The first-order chi connectivity index (χ1) is 16.1. The maximum absolute atomic E-state index is 9.55. The smallest absolute Gasteiger partial charge is 0.191 e. The second-order valence-electron chi connectivity index (χ2n) is 7.75. The Balaban J connectivity index is 1.50. The number of aromatic nitrogens is 3. The normalized spacial score (nSPS) is 11.5. The maximum Gasteiger partial charge on any atom is 0.191 e. The van der Waals surface area contributed by atoms with E-state index in [4.69, 9.17) is 10.3 Å². The molecule has 2 heterocycles. The van der Waals surface area contributed by atoms with Crippen LogP contribution in [0.25, 0.3) is 5.69 Å². The lowest BCUT2D eigenvalue weighted by atomic mass is 9.99. The Hall–Kier alpha value is -3.80. The van der Waals surface area contributed by atoms with E-state index in [9.17, 15) is 5.26 Å². The molecule has 2 aromatic heterocycles. The predicted octanol–water partition coefficient (Wildman–Crippen LogP) is 3.52. The first-order valence-electron chi connectivity index (χ1n) is 11.3. The molecular formula is C24H32N8O. The third-order valence-electron chi connectivity index (χ3n) is 5.62. The lowest BCUT2D eigenvalue weighted by Crippen LogP contribution is -2.37. The van der Waals surface area contributed by atoms with Gasteiger partial charge in [-0.15, -0.1) is 0 Å². The zero-order valence-corrected chi connectivity index (χ0v) is 19.5. The second kappa shape index (κ2) is 11.7. The molecule has 0 aliphatic carbocycles. The van der Waals surface area contributed by atoms with Gasteiger partial charge >= 0.3 is 0 Å². The summed E-state index contributed by atoms with van der Waals surface area (Å²) in [6.45, 7) is 5.49. The van der Waals surface area contributed by atoms with Crippen LogP contribution in [0.2, 0.25) is 0 Å². The Morgan fingerprint density at radius 3 is 2.67 bits per heavy atom. The zero-order valence-electron chi connectivity index (χ0n) is 19.5. The number of nitriles is 1. The van der Waals surface area contributed by atoms with Crippen LogP contribution in [0.4, 0.5) is 5.82 Å². The number of aliphatic imine (C=N–C) groups is 1. The van der Waals surface area contributed by atoms with Gasteiger partial charge in [0.25, 0.3) is 0 Å². The van der Waals surface area contributed by atoms with Gasteiger partial charge in [-0.25, -0.2) is 4.68 Å². The van der Waals surface area contributed by atoms with E-state index in [1.54, 1.807) is 11.7 Å². The van der Waals surface area contributed by atoms with Crippen LogP contribution in [0, 0.1) is 11.3 Å². The van der Waals surface area contributed by atoms with Gasteiger partial charge < -0.3 is 20.9 Å². The van der Waals surface area contributed by atoms with Crippen molar-refractivity contribution >= 4 is 11.8 Å². The molecule has 0 amide bonds. The molecule has 0 bridgehead atoms. The molecule has 3 rings (SSSR count). The van der Waals surface area contributed by atoms with E-state index in [-0.39, 0.29) is 0 Å². The first kappa shape index (κ1) is 23.9. The molecule has 0 fully saturated rings. The number of rotatable bonds is 10. The molecule has 0 radical (unpaired) electrons. The Morgan fingerprint density at radius 1 is 1.24 bits per heavy atom. The second-order valence-corrected chi connectivity index (χ2v) is 7.75. The van der Waals surface area contributed by atoms with Crippen LogP contribution in [0.1, 0.15) is 61.7 Å². The summed E-state index contributed by atoms with van der Waals surface area (Å²) in [7, 11) is 1.72. The van der Waals surface area contributed by atoms with E-state index >= 15 is 0 Å². The van der Waals surface area contributed by atoms with E-state index in [1.807, 2.05) is 36.4 Å². The summed E-state index contributed by atoms with van der Waals surface area (Å²) in [5.74, 6) is 2.24. The number of aryl methyl sites for hydroxylation is 1. The molecular weight excluding hydrogens is 416 g/mol. The summed E-state index contributed by atoms with van der Waals surface area (Å²) >= 11 is 0. The number of benzene rings is 1. The standard InChI is InChI=1S/C24H32N8O/c1-4-17(5-2)22-14-19(33-31-22)16-29-24(27-3)28-13-9-12-21-20(15-25)23(26)32(30-21)18-10-7-6-8-11-18/h6-8,10-11,14,17H,4-5,9,12-13,16,26H2,1-3H3,(H2,27,28,29). The van der Waals surface area contributed by atoms with Gasteiger partial charge in [0.15, 0.2) is 11.7 Å². The number of anilines is 1. The topological polar surface area (TPSA) is 130 Å². The number of hydrogen-bond donors (Lipinski definition) is 3. The van der Waals surface area contributed by atoms with Gasteiger partial charge in [0.05, 0.1) is 23.6 Å². The molecule has 9 nitrogen and oxygen atoms in total. The molecule has 1 aromatic carbocycles. The van der Waals surface area contributed by atoms with Crippen LogP contribution < -0.4 is 16.4 Å². The van der Waals surface area contributed by atoms with Crippen LogP contribution in [0.3, 0.4) is 0 Å². The minimum Gasteiger partial charge on any atom is -0.382 e. The molecule has 33 heavy (non-hydrogen) atoms. The Bertz CT molecular complexity index is 1090. The quantitative estimate of drug-likeness (QED) is 0.246. The summed E-state index contributed by atoms with van der Waals surface area (Å²) in [6, 6.07) is 13.8. The van der Waals surface area contributed by atoms with Crippen LogP contribution in [0.5, 0.6) is 0 Å². The number of nitrogens with two attached hydrogens (primary N) is 1. The van der Waals surface area contributed by atoms with E-state index in [1.165, 1.54) is 0 Å². The van der Waals surface area contributed by atoms with E-state index in [0.717, 1.165) is 36.4 Å². The fourth-order valence-electron chi connectivity index (χ4n) is 3.71. The van der Waals surface area contributed by atoms with Crippen LogP contribution in [-0.2, 0) is 13.0 Å². The maximum atomic E-state index is 9.55. The molecule has 174 valence electrons. The minimum atomic E-state index is 0.365. The van der Waals surface area contributed by atoms with Crippen LogP contribution >= 0.6 is 0 Å². The molecule has 0 saturated heterocycles. The number of para-hydroxylation sites is 1. The van der Waals surface area contributed by atoms with Crippen molar-refractivity contribution in [2.24, 2.45) is 4.99 Å². The van der Waals surface area contributed by atoms with E-state index in [2.05, 4.69) is 45.8 Å². The molecule has 0 atom stereocenters. The van der Waals surface area contributed by atoms with Crippen molar-refractivity contribution in [3.05, 3.63) is 59.1 Å².